The van der Waals surface area contributed by atoms with E-state index in [0.717, 1.165) is 13.1 Å². The Labute approximate surface area is 159 Å². The number of anilines is 1. The first kappa shape index (κ1) is 17.3. The van der Waals surface area contributed by atoms with Crippen LogP contribution in [0.5, 0.6) is 5.75 Å². The Morgan fingerprint density at radius 3 is 1.89 bits per heavy atom. The van der Waals surface area contributed by atoms with Crippen molar-refractivity contribution in [2.45, 2.75) is 6.04 Å². The number of rotatable bonds is 5. The van der Waals surface area contributed by atoms with Crippen LogP contribution < -0.4 is 5.32 Å². The third-order valence-corrected chi connectivity index (χ3v) is 5.01. The largest absolute Gasteiger partial charge is 0.508 e. The van der Waals surface area contributed by atoms with Gasteiger partial charge in [0.2, 0.25) is 5.91 Å². The minimum atomic E-state index is -0.0336. The summed E-state index contributed by atoms with van der Waals surface area (Å²) in [6.45, 7) is 1.44. The minimum absolute atomic E-state index is 0.0248. The summed E-state index contributed by atoms with van der Waals surface area (Å²) in [6.07, 6.45) is 0. The van der Waals surface area contributed by atoms with Gasteiger partial charge in [-0.25, -0.2) is 0 Å². The van der Waals surface area contributed by atoms with E-state index in [-0.39, 0.29) is 23.6 Å². The number of carbonyl (C=O) groups excluding carboxylic acids is 1. The Kier molecular flexibility index (Phi) is 4.90. The lowest BCUT2D eigenvalue weighted by molar-refractivity contribution is -0.125. The summed E-state index contributed by atoms with van der Waals surface area (Å²) < 4.78 is 0. The van der Waals surface area contributed by atoms with Crippen molar-refractivity contribution in [3.05, 3.63) is 96.1 Å². The van der Waals surface area contributed by atoms with Crippen molar-refractivity contribution in [2.24, 2.45) is 5.92 Å². The van der Waals surface area contributed by atoms with E-state index in [9.17, 15) is 9.90 Å². The maximum atomic E-state index is 12.5. The summed E-state index contributed by atoms with van der Waals surface area (Å²) in [6, 6.07) is 27.6. The molecule has 2 N–H and O–H groups in total. The van der Waals surface area contributed by atoms with Gasteiger partial charge in [-0.3, -0.25) is 9.69 Å². The highest BCUT2D eigenvalue weighted by atomic mass is 16.3. The minimum Gasteiger partial charge on any atom is -0.508 e. The molecule has 1 aliphatic heterocycles. The summed E-state index contributed by atoms with van der Waals surface area (Å²) in [5, 5.41) is 12.3. The molecule has 4 nitrogen and oxygen atoms in total. The highest BCUT2D eigenvalue weighted by Crippen LogP contribution is 2.34. The zero-order valence-electron chi connectivity index (χ0n) is 15.0. The van der Waals surface area contributed by atoms with Crippen LogP contribution in [0.25, 0.3) is 0 Å². The number of nitrogens with one attached hydrogen (secondary N) is 1. The normalized spacial score (nSPS) is 14.7. The number of aromatic hydroxyl groups is 1. The number of benzene rings is 3. The van der Waals surface area contributed by atoms with Gasteiger partial charge in [0.15, 0.2) is 0 Å². The molecule has 3 aromatic carbocycles. The predicted molar refractivity (Wildman–Crippen MR) is 107 cm³/mol. The van der Waals surface area contributed by atoms with Crippen molar-refractivity contribution >= 4 is 11.6 Å². The monoisotopic (exact) mass is 358 g/mol. The van der Waals surface area contributed by atoms with E-state index in [0.29, 0.717) is 5.69 Å². The summed E-state index contributed by atoms with van der Waals surface area (Å²) in [5.74, 6) is 0.182. The second-order valence-corrected chi connectivity index (χ2v) is 6.91. The lowest BCUT2D eigenvalue weighted by atomic mass is 9.90. The zero-order valence-corrected chi connectivity index (χ0v) is 15.0. The van der Waals surface area contributed by atoms with E-state index >= 15 is 0 Å². The molecule has 0 saturated carbocycles. The van der Waals surface area contributed by atoms with Crippen molar-refractivity contribution in [1.29, 1.82) is 0 Å². The number of hydrogen-bond acceptors (Lipinski definition) is 3. The second-order valence-electron chi connectivity index (χ2n) is 6.91. The fourth-order valence-electron chi connectivity index (χ4n) is 3.56. The van der Waals surface area contributed by atoms with Gasteiger partial charge in [0, 0.05) is 18.8 Å². The summed E-state index contributed by atoms with van der Waals surface area (Å²) >= 11 is 0. The molecule has 3 aromatic rings. The number of likely N-dealkylation sites (tertiary alicyclic amines) is 1. The van der Waals surface area contributed by atoms with Crippen LogP contribution in [0.4, 0.5) is 5.69 Å². The van der Waals surface area contributed by atoms with E-state index in [4.69, 9.17) is 0 Å². The van der Waals surface area contributed by atoms with Crippen LogP contribution in [0, 0.1) is 5.92 Å². The number of amides is 1. The van der Waals surface area contributed by atoms with Crippen molar-refractivity contribution in [2.75, 3.05) is 18.4 Å². The van der Waals surface area contributed by atoms with Crippen LogP contribution in [0.2, 0.25) is 0 Å². The Bertz CT molecular complexity index is 849. The summed E-state index contributed by atoms with van der Waals surface area (Å²) in [7, 11) is 0. The van der Waals surface area contributed by atoms with E-state index < -0.39 is 0 Å². The lowest BCUT2D eigenvalue weighted by Gasteiger charge is -2.44. The van der Waals surface area contributed by atoms with Crippen LogP contribution in [0.3, 0.4) is 0 Å². The van der Waals surface area contributed by atoms with Gasteiger partial charge in [0.25, 0.3) is 0 Å². The molecule has 0 unspecified atom stereocenters. The topological polar surface area (TPSA) is 52.6 Å². The quantitative estimate of drug-likeness (QED) is 0.677. The Morgan fingerprint density at radius 1 is 0.852 bits per heavy atom. The third-order valence-electron chi connectivity index (χ3n) is 5.01. The van der Waals surface area contributed by atoms with Crippen molar-refractivity contribution in [3.8, 4) is 5.75 Å². The molecule has 4 rings (SSSR count). The maximum absolute atomic E-state index is 12.5. The van der Waals surface area contributed by atoms with E-state index in [1.54, 1.807) is 24.3 Å². The van der Waals surface area contributed by atoms with E-state index in [1.807, 2.05) is 12.1 Å². The molecule has 0 aromatic heterocycles. The molecule has 27 heavy (non-hydrogen) atoms. The van der Waals surface area contributed by atoms with Gasteiger partial charge >= 0.3 is 0 Å². The van der Waals surface area contributed by atoms with Gasteiger partial charge < -0.3 is 10.4 Å². The fourth-order valence-corrected chi connectivity index (χ4v) is 3.56. The molecule has 136 valence electrons. The van der Waals surface area contributed by atoms with Gasteiger partial charge in [0.1, 0.15) is 5.75 Å². The second kappa shape index (κ2) is 7.64. The predicted octanol–water partition coefficient (Wildman–Crippen LogP) is 4.05. The van der Waals surface area contributed by atoms with Gasteiger partial charge in [0.05, 0.1) is 12.0 Å². The first-order valence-corrected chi connectivity index (χ1v) is 9.14. The summed E-state index contributed by atoms with van der Waals surface area (Å²) in [5.41, 5.74) is 3.18. The van der Waals surface area contributed by atoms with Crippen molar-refractivity contribution in [1.82, 2.24) is 4.90 Å². The van der Waals surface area contributed by atoms with Crippen molar-refractivity contribution < 1.29 is 9.90 Å². The molecule has 1 aliphatic rings. The maximum Gasteiger partial charge on any atom is 0.230 e. The molecule has 4 heteroatoms. The van der Waals surface area contributed by atoms with E-state index in [2.05, 4.69) is 58.7 Å². The van der Waals surface area contributed by atoms with Gasteiger partial charge in [-0.05, 0) is 35.4 Å². The van der Waals surface area contributed by atoms with Crippen LogP contribution in [-0.2, 0) is 4.79 Å². The SMILES string of the molecule is O=C(Nc1ccc(O)cc1)C1CN(C(c2ccccc2)c2ccccc2)C1. The Balaban J connectivity index is 1.45. The Morgan fingerprint density at radius 2 is 1.37 bits per heavy atom. The molecule has 1 amide bonds. The lowest BCUT2D eigenvalue weighted by Crippen LogP contribution is -2.53. The molecule has 0 atom stereocenters. The van der Waals surface area contributed by atoms with Gasteiger partial charge in [-0.2, -0.15) is 0 Å². The first-order chi connectivity index (χ1) is 13.2. The van der Waals surface area contributed by atoms with Crippen molar-refractivity contribution in [3.63, 3.8) is 0 Å². The molecule has 0 radical (unpaired) electrons. The van der Waals surface area contributed by atoms with Gasteiger partial charge in [-0.15, -0.1) is 0 Å². The smallest absolute Gasteiger partial charge is 0.230 e. The average molecular weight is 358 g/mol. The number of nitrogens with zero attached hydrogens (tertiary/aromatic N) is 1. The summed E-state index contributed by atoms with van der Waals surface area (Å²) in [4.78, 5) is 14.9. The fraction of sp³-hybridized carbons (Fsp3) is 0.174. The molecule has 0 aliphatic carbocycles. The van der Waals surface area contributed by atoms with Crippen LogP contribution in [0.1, 0.15) is 17.2 Å². The molecule has 0 bridgehead atoms. The average Bonchev–Trinajstić information content (AvgIpc) is 2.67. The molecule has 0 spiro atoms. The first-order valence-electron chi connectivity index (χ1n) is 9.14. The molecule has 1 fully saturated rings. The van der Waals surface area contributed by atoms with Crippen LogP contribution in [0.15, 0.2) is 84.9 Å². The number of phenols is 1. The van der Waals surface area contributed by atoms with E-state index in [1.165, 1.54) is 11.1 Å². The van der Waals surface area contributed by atoms with Crippen LogP contribution in [-0.4, -0.2) is 29.0 Å². The molecule has 1 saturated heterocycles. The standard InChI is InChI=1S/C23H22N2O2/c26-21-13-11-20(12-14-21)24-23(27)19-15-25(16-19)22(17-7-3-1-4-8-17)18-9-5-2-6-10-18/h1-14,19,22,26H,15-16H2,(H,24,27). The highest BCUT2D eigenvalue weighted by molar-refractivity contribution is 5.93. The third kappa shape index (κ3) is 3.86. The molecular formula is C23H22N2O2. The van der Waals surface area contributed by atoms with Gasteiger partial charge in [-0.1, -0.05) is 60.7 Å². The number of phenolic OH excluding ortho intramolecular Hbond substituents is 1. The van der Waals surface area contributed by atoms with Crippen LogP contribution >= 0.6 is 0 Å². The zero-order chi connectivity index (χ0) is 18.6. The molecular weight excluding hydrogens is 336 g/mol. The number of carbonyl (C=O) groups is 1. The highest BCUT2D eigenvalue weighted by Gasteiger charge is 2.37. The molecule has 1 heterocycles. The Hall–Kier alpha value is -3.11. The number of hydrogen-bond donors (Lipinski definition) is 2.